The Kier molecular flexibility index (Phi) is 2.05. The van der Waals surface area contributed by atoms with Gasteiger partial charge in [0.25, 0.3) is 0 Å². The van der Waals surface area contributed by atoms with E-state index in [-0.39, 0.29) is 5.69 Å². The van der Waals surface area contributed by atoms with Crippen LogP contribution in [0.25, 0.3) is 0 Å². The normalized spacial score (nSPS) is 15.2. The van der Waals surface area contributed by atoms with Gasteiger partial charge in [-0.3, -0.25) is 9.97 Å². The number of carbonyl (C=O) groups is 1. The fourth-order valence-electron chi connectivity index (χ4n) is 0.660. The number of aliphatic hydroxyl groups is 1. The molecule has 1 aromatic heterocycles. The summed E-state index contributed by atoms with van der Waals surface area (Å²) in [7, 11) is 0. The van der Waals surface area contributed by atoms with E-state index in [0.29, 0.717) is 0 Å². The highest BCUT2D eigenvalue weighted by Gasteiger charge is 2.33. The first kappa shape index (κ1) is 8.61. The molecule has 0 fully saturated rings. The number of hydrogen-bond acceptors (Lipinski definition) is 4. The van der Waals surface area contributed by atoms with Gasteiger partial charge in [-0.1, -0.05) is 0 Å². The van der Waals surface area contributed by atoms with Crippen LogP contribution in [0.2, 0.25) is 0 Å². The Balaban J connectivity index is 3.06. The number of hydrogen-bond donors (Lipinski definition) is 2. The standard InChI is InChI=1S/C7H8N2O3/c1-7(12,6(10)11)5-4-8-2-3-9-5/h2-4,12H,1H3,(H,10,11). The van der Waals surface area contributed by atoms with Gasteiger partial charge >= 0.3 is 5.97 Å². The van der Waals surface area contributed by atoms with E-state index < -0.39 is 11.6 Å². The SMILES string of the molecule is CC(O)(C(=O)O)c1cnccn1. The summed E-state index contributed by atoms with van der Waals surface area (Å²) in [6.07, 6.45) is 3.95. The lowest BCUT2D eigenvalue weighted by Gasteiger charge is -2.15. The third-order valence-corrected chi connectivity index (χ3v) is 1.48. The lowest BCUT2D eigenvalue weighted by Crippen LogP contribution is -2.32. The second-order valence-corrected chi connectivity index (χ2v) is 2.47. The molecule has 0 amide bonds. The molecule has 0 aliphatic rings. The molecular formula is C7H8N2O3. The zero-order valence-electron chi connectivity index (χ0n) is 6.43. The summed E-state index contributed by atoms with van der Waals surface area (Å²) >= 11 is 0. The minimum Gasteiger partial charge on any atom is -0.479 e. The molecule has 5 heteroatoms. The maximum absolute atomic E-state index is 10.5. The topological polar surface area (TPSA) is 83.3 Å². The average Bonchev–Trinajstić information content (AvgIpc) is 2.06. The second-order valence-electron chi connectivity index (χ2n) is 2.47. The van der Waals surface area contributed by atoms with E-state index in [0.717, 1.165) is 6.92 Å². The van der Waals surface area contributed by atoms with Crippen molar-refractivity contribution in [3.05, 3.63) is 24.3 Å². The van der Waals surface area contributed by atoms with Gasteiger partial charge in [0.05, 0.1) is 6.20 Å². The molecule has 1 rings (SSSR count). The molecule has 0 aromatic carbocycles. The summed E-state index contributed by atoms with van der Waals surface area (Å²) in [5.74, 6) is -1.34. The molecule has 12 heavy (non-hydrogen) atoms. The Morgan fingerprint density at radius 3 is 2.67 bits per heavy atom. The third-order valence-electron chi connectivity index (χ3n) is 1.48. The van der Waals surface area contributed by atoms with Crippen LogP contribution in [0.5, 0.6) is 0 Å². The summed E-state index contributed by atoms with van der Waals surface area (Å²) in [5.41, 5.74) is -1.94. The van der Waals surface area contributed by atoms with Crippen LogP contribution in [0.4, 0.5) is 0 Å². The van der Waals surface area contributed by atoms with E-state index in [9.17, 15) is 9.90 Å². The lowest BCUT2D eigenvalue weighted by atomic mass is 10.0. The van der Waals surface area contributed by atoms with Gasteiger partial charge in [0.15, 0.2) is 0 Å². The number of carboxylic acid groups (broad SMARTS) is 1. The van der Waals surface area contributed by atoms with E-state index in [1.807, 2.05) is 0 Å². The highest BCUT2D eigenvalue weighted by Crippen LogP contribution is 2.16. The van der Waals surface area contributed by atoms with Gasteiger partial charge in [0.1, 0.15) is 5.69 Å². The van der Waals surface area contributed by atoms with E-state index in [2.05, 4.69) is 9.97 Å². The van der Waals surface area contributed by atoms with Crippen molar-refractivity contribution >= 4 is 5.97 Å². The molecule has 0 aliphatic carbocycles. The van der Waals surface area contributed by atoms with Gasteiger partial charge in [-0.15, -0.1) is 0 Å². The van der Waals surface area contributed by atoms with Crippen molar-refractivity contribution in [1.29, 1.82) is 0 Å². The van der Waals surface area contributed by atoms with Crippen LogP contribution in [-0.4, -0.2) is 26.2 Å². The first-order valence-electron chi connectivity index (χ1n) is 3.27. The number of rotatable bonds is 2. The van der Waals surface area contributed by atoms with Crippen molar-refractivity contribution in [2.24, 2.45) is 0 Å². The van der Waals surface area contributed by atoms with E-state index in [1.54, 1.807) is 0 Å². The van der Waals surface area contributed by atoms with Crippen LogP contribution in [0.15, 0.2) is 18.6 Å². The third kappa shape index (κ3) is 1.40. The predicted molar refractivity (Wildman–Crippen MR) is 39.2 cm³/mol. The van der Waals surface area contributed by atoms with Gasteiger partial charge in [0.2, 0.25) is 5.60 Å². The predicted octanol–water partition coefficient (Wildman–Crippen LogP) is -0.231. The zero-order chi connectivity index (χ0) is 9.19. The molecule has 0 spiro atoms. The summed E-state index contributed by atoms with van der Waals surface area (Å²) < 4.78 is 0. The number of carboxylic acids is 1. The molecule has 64 valence electrons. The quantitative estimate of drug-likeness (QED) is 0.637. The van der Waals surface area contributed by atoms with Gasteiger partial charge in [-0.05, 0) is 6.92 Å². The van der Waals surface area contributed by atoms with Crippen molar-refractivity contribution < 1.29 is 15.0 Å². The smallest absolute Gasteiger partial charge is 0.341 e. The fourth-order valence-corrected chi connectivity index (χ4v) is 0.660. The Morgan fingerprint density at radius 2 is 2.25 bits per heavy atom. The molecule has 1 unspecified atom stereocenters. The first-order chi connectivity index (χ1) is 5.55. The maximum Gasteiger partial charge on any atom is 0.341 e. The van der Waals surface area contributed by atoms with Gasteiger partial charge in [0, 0.05) is 12.4 Å². The molecule has 0 aliphatic heterocycles. The summed E-state index contributed by atoms with van der Waals surface area (Å²) in [6.45, 7) is 1.15. The van der Waals surface area contributed by atoms with Crippen LogP contribution in [0.3, 0.4) is 0 Å². The lowest BCUT2D eigenvalue weighted by molar-refractivity contribution is -0.158. The highest BCUT2D eigenvalue weighted by molar-refractivity contribution is 5.77. The molecule has 0 saturated carbocycles. The molecule has 1 aromatic rings. The van der Waals surface area contributed by atoms with E-state index >= 15 is 0 Å². The maximum atomic E-state index is 10.5. The largest absolute Gasteiger partial charge is 0.479 e. The Bertz CT molecular complexity index is 284. The van der Waals surface area contributed by atoms with Crippen LogP contribution in [0, 0.1) is 0 Å². The summed E-state index contributed by atoms with van der Waals surface area (Å²) in [4.78, 5) is 17.8. The number of aromatic nitrogens is 2. The molecule has 1 atom stereocenters. The molecule has 0 saturated heterocycles. The van der Waals surface area contributed by atoms with E-state index in [1.165, 1.54) is 18.6 Å². The second kappa shape index (κ2) is 2.86. The van der Waals surface area contributed by atoms with Crippen LogP contribution >= 0.6 is 0 Å². The molecular weight excluding hydrogens is 160 g/mol. The van der Waals surface area contributed by atoms with Crippen molar-refractivity contribution in [1.82, 2.24) is 9.97 Å². The molecule has 1 heterocycles. The first-order valence-corrected chi connectivity index (χ1v) is 3.27. The van der Waals surface area contributed by atoms with Crippen LogP contribution in [0.1, 0.15) is 12.6 Å². The summed E-state index contributed by atoms with van der Waals surface area (Å²) in [5, 5.41) is 17.9. The van der Waals surface area contributed by atoms with Gasteiger partial charge in [-0.2, -0.15) is 0 Å². The minimum absolute atomic E-state index is 0.0255. The van der Waals surface area contributed by atoms with Crippen molar-refractivity contribution in [3.63, 3.8) is 0 Å². The van der Waals surface area contributed by atoms with Crippen LogP contribution < -0.4 is 0 Å². The summed E-state index contributed by atoms with van der Waals surface area (Å²) in [6, 6.07) is 0. The monoisotopic (exact) mass is 168 g/mol. The Hall–Kier alpha value is -1.49. The Morgan fingerprint density at radius 1 is 1.58 bits per heavy atom. The fraction of sp³-hybridized carbons (Fsp3) is 0.286. The van der Waals surface area contributed by atoms with Crippen molar-refractivity contribution in [3.8, 4) is 0 Å². The number of nitrogens with zero attached hydrogens (tertiary/aromatic N) is 2. The van der Waals surface area contributed by atoms with Gasteiger partial charge < -0.3 is 10.2 Å². The van der Waals surface area contributed by atoms with E-state index in [4.69, 9.17) is 5.11 Å². The highest BCUT2D eigenvalue weighted by atomic mass is 16.4. The van der Waals surface area contributed by atoms with Crippen LogP contribution in [-0.2, 0) is 10.4 Å². The average molecular weight is 168 g/mol. The van der Waals surface area contributed by atoms with Crippen molar-refractivity contribution in [2.45, 2.75) is 12.5 Å². The van der Waals surface area contributed by atoms with Gasteiger partial charge in [-0.25, -0.2) is 4.79 Å². The van der Waals surface area contributed by atoms with Crippen molar-refractivity contribution in [2.75, 3.05) is 0 Å². The molecule has 0 radical (unpaired) electrons. The minimum atomic E-state index is -1.96. The molecule has 5 nitrogen and oxygen atoms in total. The molecule has 0 bridgehead atoms. The number of aliphatic carboxylic acids is 1. The Labute approximate surface area is 68.7 Å². The zero-order valence-corrected chi connectivity index (χ0v) is 6.43. The molecule has 2 N–H and O–H groups in total.